The van der Waals surface area contributed by atoms with Crippen LogP contribution < -0.4 is 5.32 Å². The van der Waals surface area contributed by atoms with Crippen molar-refractivity contribution in [1.29, 1.82) is 5.26 Å². The number of nitrogens with one attached hydrogen (secondary N) is 1. The summed E-state index contributed by atoms with van der Waals surface area (Å²) in [5, 5.41) is 18.2. The molecule has 4 nitrogen and oxygen atoms in total. The molecule has 1 N–H and O–H groups in total. The molecule has 0 aliphatic heterocycles. The Hall–Kier alpha value is -2.87. The molecular weight excluding hydrogens is 392 g/mol. The lowest BCUT2D eigenvalue weighted by atomic mass is 9.96. The van der Waals surface area contributed by atoms with Gasteiger partial charge in [0.1, 0.15) is 0 Å². The molecule has 1 heterocycles. The highest BCUT2D eigenvalue weighted by Crippen LogP contribution is 2.34. The van der Waals surface area contributed by atoms with Gasteiger partial charge in [-0.05, 0) is 62.6 Å². The smallest absolute Gasteiger partial charge is 0.0991 e. The van der Waals surface area contributed by atoms with Gasteiger partial charge in [-0.1, -0.05) is 42.0 Å². The van der Waals surface area contributed by atoms with E-state index in [1.807, 2.05) is 41.9 Å². The number of halogens is 1. The largest absolute Gasteiger partial charge is 0.306 e. The van der Waals surface area contributed by atoms with Gasteiger partial charge in [-0.3, -0.25) is 0 Å². The Morgan fingerprint density at radius 2 is 2.00 bits per heavy atom. The average Bonchev–Trinajstić information content (AvgIpc) is 3.32. The fraction of sp³-hybridized carbons (Fsp3) is 0.280. The molecule has 5 heteroatoms. The summed E-state index contributed by atoms with van der Waals surface area (Å²) in [6, 6.07) is 16.3. The van der Waals surface area contributed by atoms with Gasteiger partial charge in [-0.2, -0.15) is 10.4 Å². The second kappa shape index (κ2) is 8.47. The van der Waals surface area contributed by atoms with Crippen molar-refractivity contribution in [3.05, 3.63) is 93.3 Å². The maximum atomic E-state index is 9.07. The zero-order chi connectivity index (χ0) is 21.3. The van der Waals surface area contributed by atoms with E-state index >= 15 is 0 Å². The van der Waals surface area contributed by atoms with Crippen LogP contribution in [-0.4, -0.2) is 15.8 Å². The Morgan fingerprint density at radius 1 is 1.17 bits per heavy atom. The van der Waals surface area contributed by atoms with Crippen LogP contribution in [0.1, 0.15) is 46.0 Å². The minimum absolute atomic E-state index is 0.303. The van der Waals surface area contributed by atoms with Crippen LogP contribution in [0.25, 0.3) is 5.69 Å². The fourth-order valence-electron chi connectivity index (χ4n) is 4.22. The van der Waals surface area contributed by atoms with E-state index in [2.05, 4.69) is 49.5 Å². The van der Waals surface area contributed by atoms with Gasteiger partial charge in [0.15, 0.2) is 0 Å². The van der Waals surface area contributed by atoms with Crippen LogP contribution in [0, 0.1) is 32.1 Å². The standard InChI is InChI=1S/C25H25ClN4/c1-16-7-10-23(13-24(16)26)30-18(3)25(17(2)29-30)21-8-9-22(12-21)28-15-20-6-4-5-19(11-20)14-27/h4-11,13,21-22,28H,12,15H2,1-3H3. The van der Waals surface area contributed by atoms with Crippen LogP contribution >= 0.6 is 11.6 Å². The third-order valence-electron chi connectivity index (χ3n) is 5.83. The van der Waals surface area contributed by atoms with Crippen molar-refractivity contribution < 1.29 is 0 Å². The Kier molecular flexibility index (Phi) is 5.76. The molecule has 152 valence electrons. The Bertz CT molecular complexity index is 1150. The second-order valence-corrected chi connectivity index (χ2v) is 8.36. The summed E-state index contributed by atoms with van der Waals surface area (Å²) >= 11 is 6.33. The number of allylic oxidation sites excluding steroid dienone is 1. The van der Waals surface area contributed by atoms with Crippen molar-refractivity contribution in [2.24, 2.45) is 0 Å². The Morgan fingerprint density at radius 3 is 2.77 bits per heavy atom. The molecule has 0 radical (unpaired) electrons. The first-order chi connectivity index (χ1) is 14.5. The van der Waals surface area contributed by atoms with Gasteiger partial charge in [0.2, 0.25) is 0 Å². The van der Waals surface area contributed by atoms with Gasteiger partial charge in [0, 0.05) is 34.8 Å². The SMILES string of the molecule is Cc1ccc(-n2nc(C)c(C3C=CC(NCc4cccc(C#N)c4)C3)c2C)cc1Cl. The summed E-state index contributed by atoms with van der Waals surface area (Å²) in [6.45, 7) is 6.96. The summed E-state index contributed by atoms with van der Waals surface area (Å²) < 4.78 is 2.00. The number of hydrogen-bond acceptors (Lipinski definition) is 3. The van der Waals surface area contributed by atoms with Crippen LogP contribution in [0.5, 0.6) is 0 Å². The summed E-state index contributed by atoms with van der Waals surface area (Å²) in [5.74, 6) is 0.336. The molecule has 0 bridgehead atoms. The third-order valence-corrected chi connectivity index (χ3v) is 6.23. The fourth-order valence-corrected chi connectivity index (χ4v) is 4.40. The number of aryl methyl sites for hydroxylation is 2. The molecule has 1 aliphatic rings. The third kappa shape index (κ3) is 4.05. The van der Waals surface area contributed by atoms with Crippen molar-refractivity contribution in [3.8, 4) is 11.8 Å². The topological polar surface area (TPSA) is 53.6 Å². The van der Waals surface area contributed by atoms with Gasteiger partial charge in [0.25, 0.3) is 0 Å². The van der Waals surface area contributed by atoms with E-state index in [1.54, 1.807) is 0 Å². The molecule has 1 aromatic heterocycles. The summed E-state index contributed by atoms with van der Waals surface area (Å²) in [5.41, 5.74) is 7.39. The number of nitrogens with zero attached hydrogens (tertiary/aromatic N) is 3. The Labute approximate surface area is 182 Å². The molecule has 2 aromatic carbocycles. The molecule has 0 amide bonds. The molecular formula is C25H25ClN4. The van der Waals surface area contributed by atoms with E-state index in [4.69, 9.17) is 22.0 Å². The van der Waals surface area contributed by atoms with Crippen molar-refractivity contribution >= 4 is 11.6 Å². The van der Waals surface area contributed by atoms with Gasteiger partial charge in [-0.15, -0.1) is 0 Å². The lowest BCUT2D eigenvalue weighted by Crippen LogP contribution is -2.25. The molecule has 0 fully saturated rings. The van der Waals surface area contributed by atoms with Crippen molar-refractivity contribution in [3.63, 3.8) is 0 Å². The van der Waals surface area contributed by atoms with Gasteiger partial charge in [0.05, 0.1) is 23.0 Å². The van der Waals surface area contributed by atoms with Gasteiger partial charge >= 0.3 is 0 Å². The van der Waals surface area contributed by atoms with Crippen LogP contribution in [0.4, 0.5) is 0 Å². The summed E-state index contributed by atoms with van der Waals surface area (Å²) in [6.07, 6.45) is 5.53. The van der Waals surface area contributed by atoms with Crippen LogP contribution in [0.3, 0.4) is 0 Å². The maximum absolute atomic E-state index is 9.07. The number of aromatic nitrogens is 2. The highest BCUT2D eigenvalue weighted by Gasteiger charge is 2.26. The van der Waals surface area contributed by atoms with Crippen LogP contribution in [0.15, 0.2) is 54.6 Å². The summed E-state index contributed by atoms with van der Waals surface area (Å²) in [7, 11) is 0. The quantitative estimate of drug-likeness (QED) is 0.557. The van der Waals surface area contributed by atoms with E-state index in [-0.39, 0.29) is 0 Å². The first kappa shape index (κ1) is 20.4. The zero-order valence-electron chi connectivity index (χ0n) is 17.5. The van der Waals surface area contributed by atoms with Crippen LogP contribution in [0.2, 0.25) is 5.02 Å². The first-order valence-corrected chi connectivity index (χ1v) is 10.6. The van der Waals surface area contributed by atoms with E-state index in [9.17, 15) is 0 Å². The predicted octanol–water partition coefficient (Wildman–Crippen LogP) is 5.52. The van der Waals surface area contributed by atoms with E-state index in [0.29, 0.717) is 17.5 Å². The normalized spacial score (nSPS) is 18.0. The lowest BCUT2D eigenvalue weighted by Gasteiger charge is -2.15. The first-order valence-electron chi connectivity index (χ1n) is 10.2. The monoisotopic (exact) mass is 416 g/mol. The van der Waals surface area contributed by atoms with Crippen molar-refractivity contribution in [2.45, 2.75) is 45.7 Å². The molecule has 2 atom stereocenters. The van der Waals surface area contributed by atoms with E-state index < -0.39 is 0 Å². The van der Waals surface area contributed by atoms with Crippen molar-refractivity contribution in [2.75, 3.05) is 0 Å². The minimum atomic E-state index is 0.303. The van der Waals surface area contributed by atoms with Crippen LogP contribution in [-0.2, 0) is 6.54 Å². The molecule has 0 spiro atoms. The lowest BCUT2D eigenvalue weighted by molar-refractivity contribution is 0.559. The predicted molar refractivity (Wildman–Crippen MR) is 121 cm³/mol. The molecule has 0 saturated heterocycles. The maximum Gasteiger partial charge on any atom is 0.0991 e. The molecule has 30 heavy (non-hydrogen) atoms. The van der Waals surface area contributed by atoms with E-state index in [1.165, 1.54) is 5.56 Å². The minimum Gasteiger partial charge on any atom is -0.306 e. The molecule has 0 saturated carbocycles. The molecule has 3 aromatic rings. The van der Waals surface area contributed by atoms with Gasteiger partial charge < -0.3 is 5.32 Å². The molecule has 4 rings (SSSR count). The molecule has 2 unspecified atom stereocenters. The number of nitriles is 1. The average molecular weight is 417 g/mol. The van der Waals surface area contributed by atoms with Crippen molar-refractivity contribution in [1.82, 2.24) is 15.1 Å². The Balaban J connectivity index is 1.48. The van der Waals surface area contributed by atoms with Gasteiger partial charge in [-0.25, -0.2) is 4.68 Å². The number of benzene rings is 2. The highest BCUT2D eigenvalue weighted by molar-refractivity contribution is 6.31. The molecule has 1 aliphatic carbocycles. The zero-order valence-corrected chi connectivity index (χ0v) is 18.2. The second-order valence-electron chi connectivity index (χ2n) is 7.96. The number of hydrogen-bond donors (Lipinski definition) is 1. The van der Waals surface area contributed by atoms with E-state index in [0.717, 1.165) is 46.2 Å². The summed E-state index contributed by atoms with van der Waals surface area (Å²) in [4.78, 5) is 0. The highest BCUT2D eigenvalue weighted by atomic mass is 35.5. The number of rotatable bonds is 5.